The van der Waals surface area contributed by atoms with Gasteiger partial charge in [-0.2, -0.15) is 0 Å². The molecule has 0 aliphatic rings. The van der Waals surface area contributed by atoms with E-state index in [-0.39, 0.29) is 5.91 Å². The molecular weight excluding hydrogens is 388 g/mol. The third-order valence-corrected chi connectivity index (χ3v) is 5.40. The van der Waals surface area contributed by atoms with E-state index < -0.39 is 0 Å². The highest BCUT2D eigenvalue weighted by molar-refractivity contribution is 5.92. The van der Waals surface area contributed by atoms with Crippen molar-refractivity contribution < 1.29 is 9.53 Å². The van der Waals surface area contributed by atoms with Crippen LogP contribution in [-0.2, 0) is 11.3 Å². The molecule has 31 heavy (non-hydrogen) atoms. The monoisotopic (exact) mass is 410 g/mol. The number of aryl methyl sites for hydroxylation is 1. The van der Waals surface area contributed by atoms with Crippen molar-refractivity contribution in [3.63, 3.8) is 0 Å². The summed E-state index contributed by atoms with van der Waals surface area (Å²) in [6, 6.07) is 23.7. The molecule has 0 radical (unpaired) electrons. The smallest absolute Gasteiger partial charge is 0.226 e. The summed E-state index contributed by atoms with van der Waals surface area (Å²) in [6.45, 7) is 0.548. The fraction of sp³-hybridized carbons (Fsp3) is 0.120. The Labute approximate surface area is 179 Å². The number of nitrogens with zero attached hydrogens (tertiary/aromatic N) is 2. The number of aromatic nitrogens is 3. The van der Waals surface area contributed by atoms with Crippen molar-refractivity contribution in [2.75, 3.05) is 12.4 Å². The number of amides is 1. The summed E-state index contributed by atoms with van der Waals surface area (Å²) < 4.78 is 7.57. The van der Waals surface area contributed by atoms with Crippen LogP contribution >= 0.6 is 0 Å². The number of H-pyrrole nitrogens is 1. The van der Waals surface area contributed by atoms with Crippen LogP contribution in [0.25, 0.3) is 33.3 Å². The number of carbonyl (C=O) groups is 1. The van der Waals surface area contributed by atoms with Crippen LogP contribution in [0.4, 0.5) is 5.69 Å². The number of anilines is 1. The minimum atomic E-state index is -0.0224. The molecule has 2 N–H and O–H groups in total. The maximum absolute atomic E-state index is 12.6. The van der Waals surface area contributed by atoms with Gasteiger partial charge in [0.2, 0.25) is 5.91 Å². The predicted molar refractivity (Wildman–Crippen MR) is 123 cm³/mol. The molecule has 5 aromatic rings. The van der Waals surface area contributed by atoms with Gasteiger partial charge in [-0.15, -0.1) is 0 Å². The van der Waals surface area contributed by atoms with Gasteiger partial charge in [0.15, 0.2) is 0 Å². The lowest BCUT2D eigenvalue weighted by molar-refractivity contribution is -0.116. The zero-order chi connectivity index (χ0) is 21.2. The molecule has 0 atom stereocenters. The van der Waals surface area contributed by atoms with Gasteiger partial charge in [-0.25, -0.2) is 4.98 Å². The summed E-state index contributed by atoms with van der Waals surface area (Å²) in [5.41, 5.74) is 4.67. The van der Waals surface area contributed by atoms with Gasteiger partial charge in [-0.3, -0.25) is 4.79 Å². The second kappa shape index (κ2) is 7.99. The van der Waals surface area contributed by atoms with E-state index in [1.54, 1.807) is 13.3 Å². The second-order valence-corrected chi connectivity index (χ2v) is 7.39. The summed E-state index contributed by atoms with van der Waals surface area (Å²) in [5.74, 6) is 0.780. The first-order chi connectivity index (χ1) is 15.2. The Kier molecular flexibility index (Phi) is 4.88. The highest BCUT2D eigenvalue weighted by atomic mass is 16.5. The second-order valence-electron chi connectivity index (χ2n) is 7.39. The molecule has 0 aliphatic heterocycles. The number of rotatable bonds is 6. The van der Waals surface area contributed by atoms with Crippen LogP contribution in [0.3, 0.4) is 0 Å². The van der Waals surface area contributed by atoms with Crippen LogP contribution in [0.2, 0.25) is 0 Å². The summed E-state index contributed by atoms with van der Waals surface area (Å²) in [7, 11) is 1.66. The molecule has 0 spiro atoms. The lowest BCUT2D eigenvalue weighted by atomic mass is 10.2. The first-order valence-corrected chi connectivity index (χ1v) is 10.2. The Morgan fingerprint density at radius 3 is 2.71 bits per heavy atom. The van der Waals surface area contributed by atoms with Crippen molar-refractivity contribution in [2.45, 2.75) is 13.0 Å². The van der Waals surface area contributed by atoms with E-state index >= 15 is 0 Å². The Hall–Kier alpha value is -4.06. The molecule has 3 heterocycles. The van der Waals surface area contributed by atoms with Crippen molar-refractivity contribution in [2.24, 2.45) is 0 Å². The molecule has 0 saturated carbocycles. The predicted octanol–water partition coefficient (Wildman–Crippen LogP) is 5.22. The first kappa shape index (κ1) is 18.9. The molecule has 0 aliphatic carbocycles. The molecule has 0 saturated heterocycles. The quantitative estimate of drug-likeness (QED) is 0.403. The Morgan fingerprint density at radius 2 is 1.90 bits per heavy atom. The number of para-hydroxylation sites is 1. The highest BCUT2D eigenvalue weighted by Gasteiger charge is 2.15. The van der Waals surface area contributed by atoms with Gasteiger partial charge in [0.1, 0.15) is 11.4 Å². The standard InChI is InChI=1S/C25H22N4O2/c1-31-20-9-10-22-18(14-20)16-23(21-15-17-6-5-12-26-25(17)28-21)29(22)13-11-24(30)27-19-7-3-2-4-8-19/h2-10,12,14-16H,11,13H2,1H3,(H,26,28)(H,27,30). The minimum Gasteiger partial charge on any atom is -0.497 e. The van der Waals surface area contributed by atoms with Gasteiger partial charge < -0.3 is 19.6 Å². The number of methoxy groups -OCH3 is 1. The normalized spacial score (nSPS) is 11.1. The van der Waals surface area contributed by atoms with E-state index in [0.717, 1.165) is 44.8 Å². The lowest BCUT2D eigenvalue weighted by Gasteiger charge is -2.11. The number of ether oxygens (including phenoxy) is 1. The van der Waals surface area contributed by atoms with E-state index in [0.29, 0.717) is 13.0 Å². The summed E-state index contributed by atoms with van der Waals surface area (Å²) in [6.07, 6.45) is 2.13. The molecule has 6 heteroatoms. The summed E-state index contributed by atoms with van der Waals surface area (Å²) >= 11 is 0. The number of pyridine rings is 1. The molecule has 6 nitrogen and oxygen atoms in total. The van der Waals surface area contributed by atoms with Gasteiger partial charge in [-0.05, 0) is 54.6 Å². The fourth-order valence-corrected chi connectivity index (χ4v) is 3.89. The maximum Gasteiger partial charge on any atom is 0.226 e. The summed E-state index contributed by atoms with van der Waals surface area (Å²) in [5, 5.41) is 5.07. The topological polar surface area (TPSA) is 71.9 Å². The van der Waals surface area contributed by atoms with Gasteiger partial charge in [0.25, 0.3) is 0 Å². The Morgan fingerprint density at radius 1 is 1.03 bits per heavy atom. The third-order valence-electron chi connectivity index (χ3n) is 5.40. The molecule has 3 aromatic heterocycles. The number of nitrogens with one attached hydrogen (secondary N) is 2. The minimum absolute atomic E-state index is 0.0224. The maximum atomic E-state index is 12.6. The van der Waals surface area contributed by atoms with Crippen molar-refractivity contribution in [3.05, 3.63) is 79.0 Å². The van der Waals surface area contributed by atoms with Crippen molar-refractivity contribution in [1.29, 1.82) is 0 Å². The number of carbonyl (C=O) groups excluding carboxylic acids is 1. The van der Waals surface area contributed by atoms with Gasteiger partial charge in [0, 0.05) is 41.1 Å². The summed E-state index contributed by atoms with van der Waals surface area (Å²) in [4.78, 5) is 20.4. The first-order valence-electron chi connectivity index (χ1n) is 10.2. The van der Waals surface area contributed by atoms with Crippen LogP contribution in [-0.4, -0.2) is 27.6 Å². The average molecular weight is 410 g/mol. The molecular formula is C25H22N4O2. The molecule has 154 valence electrons. The van der Waals surface area contributed by atoms with Crippen molar-refractivity contribution >= 4 is 33.5 Å². The zero-order valence-corrected chi connectivity index (χ0v) is 17.1. The Bertz CT molecular complexity index is 1340. The number of hydrogen-bond donors (Lipinski definition) is 2. The largest absolute Gasteiger partial charge is 0.497 e. The van der Waals surface area contributed by atoms with E-state index in [4.69, 9.17) is 4.74 Å². The van der Waals surface area contributed by atoms with E-state index in [2.05, 4.69) is 32.0 Å². The molecule has 1 amide bonds. The van der Waals surface area contributed by atoms with Gasteiger partial charge in [0.05, 0.1) is 18.5 Å². The molecule has 2 aromatic carbocycles. The lowest BCUT2D eigenvalue weighted by Crippen LogP contribution is -2.14. The van der Waals surface area contributed by atoms with Crippen molar-refractivity contribution in [3.8, 4) is 17.1 Å². The van der Waals surface area contributed by atoms with E-state index in [1.807, 2.05) is 60.7 Å². The Balaban J connectivity index is 1.50. The molecule has 5 rings (SSSR count). The molecule has 0 bridgehead atoms. The zero-order valence-electron chi connectivity index (χ0n) is 17.1. The van der Waals surface area contributed by atoms with Crippen molar-refractivity contribution in [1.82, 2.24) is 14.5 Å². The van der Waals surface area contributed by atoms with E-state index in [9.17, 15) is 4.79 Å². The number of hydrogen-bond acceptors (Lipinski definition) is 3. The number of aromatic amines is 1. The van der Waals surface area contributed by atoms with Crippen LogP contribution in [0.5, 0.6) is 5.75 Å². The van der Waals surface area contributed by atoms with Crippen LogP contribution < -0.4 is 10.1 Å². The fourth-order valence-electron chi connectivity index (χ4n) is 3.89. The number of benzene rings is 2. The third kappa shape index (κ3) is 3.75. The molecule has 0 unspecified atom stereocenters. The average Bonchev–Trinajstić information content (AvgIpc) is 3.39. The van der Waals surface area contributed by atoms with Crippen LogP contribution in [0.15, 0.2) is 79.0 Å². The SMILES string of the molecule is COc1ccc2c(c1)cc(-c1cc3cccnc3[nH]1)n2CCC(=O)Nc1ccccc1. The molecule has 0 fully saturated rings. The highest BCUT2D eigenvalue weighted by Crippen LogP contribution is 2.32. The van der Waals surface area contributed by atoms with Gasteiger partial charge in [-0.1, -0.05) is 18.2 Å². The van der Waals surface area contributed by atoms with E-state index in [1.165, 1.54) is 0 Å². The van der Waals surface area contributed by atoms with Gasteiger partial charge >= 0.3 is 0 Å². The van der Waals surface area contributed by atoms with Crippen LogP contribution in [0.1, 0.15) is 6.42 Å². The number of fused-ring (bicyclic) bond motifs is 2. The van der Waals surface area contributed by atoms with Crippen LogP contribution in [0, 0.1) is 0 Å².